The zero-order valence-corrected chi connectivity index (χ0v) is 8.72. The number of aromatic nitrogens is 1. The first-order valence-corrected chi connectivity index (χ1v) is 5.03. The number of nitrogens with zero attached hydrogens (tertiary/aromatic N) is 2. The molecule has 0 unspecified atom stereocenters. The molecule has 2 heterocycles. The summed E-state index contributed by atoms with van der Waals surface area (Å²) in [6.45, 7) is 1.85. The monoisotopic (exact) mass is 228 g/mol. The summed E-state index contributed by atoms with van der Waals surface area (Å²) < 4.78 is 0.830. The molecule has 2 rings (SSSR count). The minimum atomic E-state index is -0.439. The Morgan fingerprint density at radius 2 is 2.36 bits per heavy atom. The molecule has 0 atom stereocenters. The van der Waals surface area contributed by atoms with Gasteiger partial charge in [0.2, 0.25) is 0 Å². The molecule has 0 aliphatic rings. The zero-order chi connectivity index (χ0) is 10.3. The van der Waals surface area contributed by atoms with Crippen LogP contribution in [0.25, 0.3) is 10.1 Å². The third-order valence-corrected chi connectivity index (χ3v) is 3.29. The minimum Gasteiger partial charge on any atom is -0.258 e. The summed E-state index contributed by atoms with van der Waals surface area (Å²) in [5, 5.41) is 12.8. The summed E-state index contributed by atoms with van der Waals surface area (Å²) in [7, 11) is 0. The van der Waals surface area contributed by atoms with E-state index in [0.29, 0.717) is 5.39 Å². The van der Waals surface area contributed by atoms with Crippen molar-refractivity contribution in [2.75, 3.05) is 0 Å². The van der Waals surface area contributed by atoms with Crippen molar-refractivity contribution in [3.05, 3.63) is 32.4 Å². The molecule has 0 N–H and O–H groups in total. The summed E-state index contributed by atoms with van der Waals surface area (Å²) >= 11 is 7.13. The summed E-state index contributed by atoms with van der Waals surface area (Å²) in [5.41, 5.74) is 0.939. The van der Waals surface area contributed by atoms with E-state index in [1.165, 1.54) is 16.7 Å². The number of pyridine rings is 1. The first kappa shape index (κ1) is 9.36. The predicted octanol–water partition coefficient (Wildman–Crippen LogP) is 3.17. The summed E-state index contributed by atoms with van der Waals surface area (Å²) in [4.78, 5) is 14.1. The van der Waals surface area contributed by atoms with Crippen LogP contribution in [0.1, 0.15) is 5.56 Å². The van der Waals surface area contributed by atoms with Crippen molar-refractivity contribution in [2.45, 2.75) is 6.92 Å². The molecule has 0 fully saturated rings. The topological polar surface area (TPSA) is 56.0 Å². The lowest BCUT2D eigenvalue weighted by Crippen LogP contribution is -1.87. The van der Waals surface area contributed by atoms with Gasteiger partial charge in [0, 0.05) is 10.9 Å². The molecule has 0 bridgehead atoms. The third-order valence-electron chi connectivity index (χ3n) is 1.90. The Balaban J connectivity index is 2.90. The molecule has 4 nitrogen and oxygen atoms in total. The molecular weight excluding hydrogens is 224 g/mol. The molecule has 0 amide bonds. The van der Waals surface area contributed by atoms with Gasteiger partial charge in [0.1, 0.15) is 10.5 Å². The van der Waals surface area contributed by atoms with E-state index >= 15 is 0 Å². The molecule has 2 aromatic heterocycles. The van der Waals surface area contributed by atoms with Crippen molar-refractivity contribution in [1.82, 2.24) is 4.98 Å². The van der Waals surface area contributed by atoms with Crippen LogP contribution in [-0.2, 0) is 0 Å². The quantitative estimate of drug-likeness (QED) is 0.428. The van der Waals surface area contributed by atoms with Gasteiger partial charge in [0.25, 0.3) is 5.69 Å². The van der Waals surface area contributed by atoms with Crippen LogP contribution < -0.4 is 0 Å². The van der Waals surface area contributed by atoms with Gasteiger partial charge in [-0.3, -0.25) is 10.1 Å². The fourth-order valence-corrected chi connectivity index (χ4v) is 2.54. The maximum absolute atomic E-state index is 10.7. The number of aryl methyl sites for hydroxylation is 1. The first-order chi connectivity index (χ1) is 6.61. The van der Waals surface area contributed by atoms with Crippen molar-refractivity contribution in [3.8, 4) is 0 Å². The van der Waals surface area contributed by atoms with Crippen LogP contribution in [0, 0.1) is 17.0 Å². The van der Waals surface area contributed by atoms with Crippen LogP contribution in [0.3, 0.4) is 0 Å². The highest BCUT2D eigenvalue weighted by atomic mass is 35.5. The fraction of sp³-hybridized carbons (Fsp3) is 0.125. The number of fused-ring (bicyclic) bond motifs is 1. The number of hydrogen-bond acceptors (Lipinski definition) is 4. The van der Waals surface area contributed by atoms with Crippen LogP contribution in [0.15, 0.2) is 11.6 Å². The second-order valence-corrected chi connectivity index (χ2v) is 4.05. The normalized spacial score (nSPS) is 10.7. The Morgan fingerprint density at radius 3 is 3.00 bits per heavy atom. The molecule has 0 radical (unpaired) electrons. The highest BCUT2D eigenvalue weighted by Crippen LogP contribution is 2.37. The van der Waals surface area contributed by atoms with E-state index in [4.69, 9.17) is 11.6 Å². The number of halogens is 1. The number of rotatable bonds is 1. The van der Waals surface area contributed by atoms with E-state index < -0.39 is 4.92 Å². The Morgan fingerprint density at radius 1 is 1.64 bits per heavy atom. The highest BCUT2D eigenvalue weighted by Gasteiger charge is 2.18. The van der Waals surface area contributed by atoms with Crippen molar-refractivity contribution in [1.29, 1.82) is 0 Å². The van der Waals surface area contributed by atoms with Gasteiger partial charge in [0.15, 0.2) is 0 Å². The second-order valence-electron chi connectivity index (χ2n) is 2.81. The van der Waals surface area contributed by atoms with Gasteiger partial charge in [-0.25, -0.2) is 4.98 Å². The average molecular weight is 229 g/mol. The zero-order valence-electron chi connectivity index (χ0n) is 7.15. The Labute approximate surface area is 88.3 Å². The number of thiophene rings is 1. The molecule has 0 saturated carbocycles. The largest absolute Gasteiger partial charge is 0.290 e. The van der Waals surface area contributed by atoms with Gasteiger partial charge in [0.05, 0.1) is 10.3 Å². The molecule has 0 aliphatic heterocycles. The van der Waals surface area contributed by atoms with Crippen LogP contribution in [0.5, 0.6) is 0 Å². The maximum atomic E-state index is 10.7. The molecule has 0 aliphatic carbocycles. The highest BCUT2D eigenvalue weighted by molar-refractivity contribution is 7.18. The average Bonchev–Trinajstić information content (AvgIpc) is 2.56. The van der Waals surface area contributed by atoms with Crippen LogP contribution in [0.2, 0.25) is 5.15 Å². The summed E-state index contributed by atoms with van der Waals surface area (Å²) in [6.07, 6.45) is 1.62. The number of nitro groups is 1. The maximum Gasteiger partial charge on any atom is 0.290 e. The predicted molar refractivity (Wildman–Crippen MR) is 56.0 cm³/mol. The molecule has 0 aromatic carbocycles. The number of hydrogen-bond donors (Lipinski definition) is 0. The van der Waals surface area contributed by atoms with E-state index in [9.17, 15) is 10.1 Å². The molecule has 72 valence electrons. The van der Waals surface area contributed by atoms with E-state index in [-0.39, 0.29) is 10.8 Å². The van der Waals surface area contributed by atoms with Crippen molar-refractivity contribution in [2.24, 2.45) is 0 Å². The van der Waals surface area contributed by atoms with Crippen LogP contribution in [-0.4, -0.2) is 9.91 Å². The summed E-state index contributed by atoms with van der Waals surface area (Å²) in [6, 6.07) is 0. The smallest absolute Gasteiger partial charge is 0.258 e. The van der Waals surface area contributed by atoms with E-state index in [1.54, 1.807) is 6.20 Å². The SMILES string of the molecule is Cc1cnc(Cl)c2c([N+](=O)[O-])csc12. The van der Waals surface area contributed by atoms with Gasteiger partial charge in [-0.15, -0.1) is 11.3 Å². The lowest BCUT2D eigenvalue weighted by molar-refractivity contribution is -0.382. The van der Waals surface area contributed by atoms with Gasteiger partial charge in [-0.1, -0.05) is 11.6 Å². The van der Waals surface area contributed by atoms with Crippen molar-refractivity contribution in [3.63, 3.8) is 0 Å². The van der Waals surface area contributed by atoms with Gasteiger partial charge in [-0.05, 0) is 12.5 Å². The van der Waals surface area contributed by atoms with Crippen molar-refractivity contribution < 1.29 is 4.92 Å². The fourth-order valence-electron chi connectivity index (χ4n) is 1.25. The Bertz CT molecular complexity index is 523. The molecule has 14 heavy (non-hydrogen) atoms. The standard InChI is InChI=1S/C8H5ClN2O2S/c1-4-2-10-8(9)6-5(11(12)13)3-14-7(4)6/h2-3H,1H3. The van der Waals surface area contributed by atoms with Gasteiger partial charge >= 0.3 is 0 Å². The van der Waals surface area contributed by atoms with Crippen molar-refractivity contribution >= 4 is 38.7 Å². The Hall–Kier alpha value is -1.20. The lowest BCUT2D eigenvalue weighted by Gasteiger charge is -1.96. The molecule has 0 spiro atoms. The molecule has 6 heteroatoms. The lowest BCUT2D eigenvalue weighted by atomic mass is 10.2. The second kappa shape index (κ2) is 3.18. The third kappa shape index (κ3) is 1.25. The van der Waals surface area contributed by atoms with Gasteiger partial charge in [-0.2, -0.15) is 0 Å². The molecule has 2 aromatic rings. The van der Waals surface area contributed by atoms with Crippen LogP contribution in [0.4, 0.5) is 5.69 Å². The summed E-state index contributed by atoms with van der Waals surface area (Å²) in [5.74, 6) is 0. The van der Waals surface area contributed by atoms with E-state index in [2.05, 4.69) is 4.98 Å². The molecule has 0 saturated heterocycles. The van der Waals surface area contributed by atoms with E-state index in [0.717, 1.165) is 10.3 Å². The minimum absolute atomic E-state index is 0.0335. The Kier molecular flexibility index (Phi) is 2.13. The first-order valence-electron chi connectivity index (χ1n) is 3.78. The van der Waals surface area contributed by atoms with Gasteiger partial charge < -0.3 is 0 Å². The van der Waals surface area contributed by atoms with E-state index in [1.807, 2.05) is 6.92 Å². The van der Waals surface area contributed by atoms with Crippen LogP contribution >= 0.6 is 22.9 Å². The molecular formula is C8H5ClN2O2S.